The number of anilines is 1. The molecule has 4 rings (SSSR count). The fourth-order valence-corrected chi connectivity index (χ4v) is 3.25. The van der Waals surface area contributed by atoms with Gasteiger partial charge in [0, 0.05) is 23.8 Å². The molecule has 0 radical (unpaired) electrons. The average Bonchev–Trinajstić information content (AvgIpc) is 3.50. The van der Waals surface area contributed by atoms with Crippen LogP contribution in [-0.4, -0.2) is 28.3 Å². The number of amides is 1. The van der Waals surface area contributed by atoms with E-state index in [0.29, 0.717) is 17.5 Å². The van der Waals surface area contributed by atoms with Gasteiger partial charge in [-0.2, -0.15) is 5.10 Å². The quantitative estimate of drug-likeness (QED) is 0.832. The molecule has 1 heterocycles. The summed E-state index contributed by atoms with van der Waals surface area (Å²) in [5.41, 5.74) is 2.63. The topological polar surface area (TPSA) is 59.0 Å². The number of hydrogen-bond donors (Lipinski definition) is 2. The summed E-state index contributed by atoms with van der Waals surface area (Å²) in [4.78, 5) is 12.4. The van der Waals surface area contributed by atoms with Gasteiger partial charge in [0.1, 0.15) is 0 Å². The summed E-state index contributed by atoms with van der Waals surface area (Å²) in [5.74, 6) is 1.43. The molecule has 138 valence electrons. The van der Waals surface area contributed by atoms with Crippen molar-refractivity contribution in [2.24, 2.45) is 5.92 Å². The smallest absolute Gasteiger partial charge is 0.258 e. The Bertz CT molecular complexity index is 783. The molecule has 2 aromatic rings. The van der Waals surface area contributed by atoms with E-state index in [-0.39, 0.29) is 11.4 Å². The van der Waals surface area contributed by atoms with E-state index in [4.69, 9.17) is 0 Å². The highest BCUT2D eigenvalue weighted by Crippen LogP contribution is 2.41. The van der Waals surface area contributed by atoms with E-state index in [9.17, 15) is 4.79 Å². The van der Waals surface area contributed by atoms with E-state index in [2.05, 4.69) is 48.6 Å². The molecule has 5 heteroatoms. The van der Waals surface area contributed by atoms with Crippen LogP contribution < -0.4 is 10.6 Å². The summed E-state index contributed by atoms with van der Waals surface area (Å²) < 4.78 is 1.81. The standard InChI is InChI=1S/C21H28N4O/c1-21(2,3)25-13-16(12-23-25)20(26)24-17-8-6-15(7-9-17)18-10-19(18)22-11-14-4-5-14/h6-9,12-14,18-19,22H,4-5,10-11H2,1-3H3,(H,24,26). The molecule has 1 aromatic carbocycles. The minimum atomic E-state index is -0.130. The predicted octanol–water partition coefficient (Wildman–Crippen LogP) is 3.75. The average molecular weight is 352 g/mol. The highest BCUT2D eigenvalue weighted by atomic mass is 16.1. The molecule has 2 saturated carbocycles. The molecule has 5 nitrogen and oxygen atoms in total. The van der Waals surface area contributed by atoms with Crippen LogP contribution in [0.3, 0.4) is 0 Å². The Labute approximate surface area is 155 Å². The van der Waals surface area contributed by atoms with E-state index < -0.39 is 0 Å². The van der Waals surface area contributed by atoms with Crippen molar-refractivity contribution in [3.8, 4) is 0 Å². The minimum absolute atomic E-state index is 0.122. The van der Waals surface area contributed by atoms with Crippen LogP contribution in [-0.2, 0) is 5.54 Å². The third-order valence-electron chi connectivity index (χ3n) is 5.28. The van der Waals surface area contributed by atoms with E-state index in [1.54, 1.807) is 12.4 Å². The molecule has 0 spiro atoms. The Morgan fingerprint density at radius 2 is 1.96 bits per heavy atom. The number of nitrogens with one attached hydrogen (secondary N) is 2. The van der Waals surface area contributed by atoms with Crippen LogP contribution in [0.5, 0.6) is 0 Å². The third kappa shape index (κ3) is 3.98. The summed E-state index contributed by atoms with van der Waals surface area (Å²) in [5, 5.41) is 10.9. The summed E-state index contributed by atoms with van der Waals surface area (Å²) in [7, 11) is 0. The molecule has 2 unspecified atom stereocenters. The molecule has 0 saturated heterocycles. The van der Waals surface area contributed by atoms with Crippen molar-refractivity contribution in [3.05, 3.63) is 47.8 Å². The van der Waals surface area contributed by atoms with Crippen LogP contribution in [0.25, 0.3) is 0 Å². The largest absolute Gasteiger partial charge is 0.322 e. The van der Waals surface area contributed by atoms with Gasteiger partial charge in [-0.25, -0.2) is 0 Å². The van der Waals surface area contributed by atoms with Gasteiger partial charge >= 0.3 is 0 Å². The van der Waals surface area contributed by atoms with Crippen LogP contribution in [0.1, 0.15) is 61.9 Å². The van der Waals surface area contributed by atoms with Crippen LogP contribution in [0.2, 0.25) is 0 Å². The zero-order chi connectivity index (χ0) is 18.3. The van der Waals surface area contributed by atoms with E-state index in [0.717, 1.165) is 11.6 Å². The normalized spacial score (nSPS) is 22.3. The summed E-state index contributed by atoms with van der Waals surface area (Å²) in [6.07, 6.45) is 7.44. The van der Waals surface area contributed by atoms with Gasteiger partial charge in [-0.3, -0.25) is 9.48 Å². The molecule has 0 bridgehead atoms. The Hall–Kier alpha value is -2.14. The van der Waals surface area contributed by atoms with Gasteiger partial charge in [-0.05, 0) is 70.2 Å². The molecular formula is C21H28N4O. The zero-order valence-corrected chi connectivity index (χ0v) is 15.8. The second-order valence-corrected chi connectivity index (χ2v) is 8.72. The zero-order valence-electron chi connectivity index (χ0n) is 15.8. The van der Waals surface area contributed by atoms with Crippen LogP contribution in [0.15, 0.2) is 36.7 Å². The maximum Gasteiger partial charge on any atom is 0.258 e. The van der Waals surface area contributed by atoms with Crippen LogP contribution in [0.4, 0.5) is 5.69 Å². The van der Waals surface area contributed by atoms with E-state index >= 15 is 0 Å². The van der Waals surface area contributed by atoms with Gasteiger partial charge < -0.3 is 10.6 Å². The number of carbonyl (C=O) groups excluding carboxylic acids is 1. The Morgan fingerprint density at radius 3 is 2.58 bits per heavy atom. The molecule has 26 heavy (non-hydrogen) atoms. The van der Waals surface area contributed by atoms with Crippen molar-refractivity contribution in [1.29, 1.82) is 0 Å². The monoisotopic (exact) mass is 352 g/mol. The van der Waals surface area contributed by atoms with Gasteiger partial charge in [-0.1, -0.05) is 12.1 Å². The molecule has 1 aromatic heterocycles. The van der Waals surface area contributed by atoms with Crippen molar-refractivity contribution < 1.29 is 4.79 Å². The first-order chi connectivity index (χ1) is 12.4. The highest BCUT2D eigenvalue weighted by Gasteiger charge is 2.38. The fraction of sp³-hybridized carbons (Fsp3) is 0.524. The number of rotatable bonds is 6. The third-order valence-corrected chi connectivity index (χ3v) is 5.28. The lowest BCUT2D eigenvalue weighted by atomic mass is 10.1. The molecule has 0 aliphatic heterocycles. The number of benzene rings is 1. The molecular weight excluding hydrogens is 324 g/mol. The summed E-state index contributed by atoms with van der Waals surface area (Å²) in [6.45, 7) is 7.36. The summed E-state index contributed by atoms with van der Waals surface area (Å²) in [6, 6.07) is 8.91. The first-order valence-electron chi connectivity index (χ1n) is 9.60. The highest BCUT2D eigenvalue weighted by molar-refractivity contribution is 6.03. The summed E-state index contributed by atoms with van der Waals surface area (Å²) >= 11 is 0. The lowest BCUT2D eigenvalue weighted by Crippen LogP contribution is -2.22. The van der Waals surface area contributed by atoms with Crippen molar-refractivity contribution in [2.45, 2.75) is 57.5 Å². The maximum absolute atomic E-state index is 12.4. The second kappa shape index (κ2) is 6.54. The predicted molar refractivity (Wildman–Crippen MR) is 103 cm³/mol. The van der Waals surface area contributed by atoms with Crippen LogP contribution in [0, 0.1) is 5.92 Å². The van der Waals surface area contributed by atoms with Gasteiger partial charge in [0.15, 0.2) is 0 Å². The fourth-order valence-electron chi connectivity index (χ4n) is 3.25. The van der Waals surface area contributed by atoms with Gasteiger partial charge in [0.2, 0.25) is 0 Å². The number of hydrogen-bond acceptors (Lipinski definition) is 3. The first kappa shape index (κ1) is 17.3. The lowest BCUT2D eigenvalue weighted by Gasteiger charge is -2.18. The Morgan fingerprint density at radius 1 is 1.23 bits per heavy atom. The number of carbonyl (C=O) groups is 1. The molecule has 2 aliphatic carbocycles. The Kier molecular flexibility index (Phi) is 4.35. The second-order valence-electron chi connectivity index (χ2n) is 8.72. The molecule has 2 N–H and O–H groups in total. The van der Waals surface area contributed by atoms with Gasteiger partial charge in [0.05, 0.1) is 17.3 Å². The molecule has 2 fully saturated rings. The number of nitrogens with zero attached hydrogens (tertiary/aromatic N) is 2. The van der Waals surface area contributed by atoms with Gasteiger partial charge in [0.25, 0.3) is 5.91 Å². The lowest BCUT2D eigenvalue weighted by molar-refractivity contribution is 0.102. The van der Waals surface area contributed by atoms with Crippen molar-refractivity contribution in [1.82, 2.24) is 15.1 Å². The van der Waals surface area contributed by atoms with Crippen LogP contribution >= 0.6 is 0 Å². The van der Waals surface area contributed by atoms with Crippen molar-refractivity contribution in [3.63, 3.8) is 0 Å². The maximum atomic E-state index is 12.4. The molecule has 2 atom stereocenters. The van der Waals surface area contributed by atoms with Gasteiger partial charge in [-0.15, -0.1) is 0 Å². The molecule has 2 aliphatic rings. The molecule has 1 amide bonds. The van der Waals surface area contributed by atoms with Crippen molar-refractivity contribution >= 4 is 11.6 Å². The number of aromatic nitrogens is 2. The minimum Gasteiger partial charge on any atom is -0.322 e. The van der Waals surface area contributed by atoms with E-state index in [1.807, 2.05) is 16.8 Å². The van der Waals surface area contributed by atoms with Crippen molar-refractivity contribution in [2.75, 3.05) is 11.9 Å². The van der Waals surface area contributed by atoms with E-state index in [1.165, 1.54) is 31.4 Å². The first-order valence-corrected chi connectivity index (χ1v) is 9.60. The SMILES string of the molecule is CC(C)(C)n1cc(C(=O)Nc2ccc(C3CC3NCC3CC3)cc2)cn1. The Balaban J connectivity index is 1.32.